The van der Waals surface area contributed by atoms with E-state index in [4.69, 9.17) is 0 Å². The molecule has 0 spiro atoms. The van der Waals surface area contributed by atoms with Gasteiger partial charge in [0.15, 0.2) is 0 Å². The lowest BCUT2D eigenvalue weighted by Gasteiger charge is -2.33. The van der Waals surface area contributed by atoms with Crippen LogP contribution in [0.4, 0.5) is 34.1 Å². The van der Waals surface area contributed by atoms with Gasteiger partial charge in [-0.1, -0.05) is 504 Å². The summed E-state index contributed by atoms with van der Waals surface area (Å²) in [5, 5.41) is 4.71. The minimum absolute atomic E-state index is 0.0314. The lowest BCUT2D eigenvalue weighted by atomic mass is 9.70. The first-order chi connectivity index (χ1) is 73.6. The first-order valence-electron chi connectivity index (χ1n) is 58.9. The Morgan fingerprint density at radius 2 is 0.393 bits per heavy atom. The highest BCUT2D eigenvalue weighted by molar-refractivity contribution is 6.23. The van der Waals surface area contributed by atoms with Gasteiger partial charge in [-0.3, -0.25) is 0 Å². The third-order valence-corrected chi connectivity index (χ3v) is 35.5. The molecular weight excluding hydrogens is 1810 g/mol. The number of hydrogen-bond acceptors (Lipinski definition) is 2. The maximum Gasteiger partial charge on any atom is 0.0619 e. The molecule has 0 fully saturated rings. The fourth-order valence-electron chi connectivity index (χ4n) is 27.2. The topological polar surface area (TPSA) is 6.48 Å². The van der Waals surface area contributed by atoms with Crippen LogP contribution >= 0.6 is 0 Å². The summed E-state index contributed by atoms with van der Waals surface area (Å²) in [5.74, 6) is 0. The fraction of sp³-hybridized carbons (Fsp3) is 0.338. The largest absolute Gasteiger partial charge is 0.309 e. The van der Waals surface area contributed by atoms with Gasteiger partial charge >= 0.3 is 0 Å². The lowest BCUT2D eigenvalue weighted by molar-refractivity contribution is 0.399. The summed E-state index contributed by atoms with van der Waals surface area (Å²) >= 11 is 0. The molecule has 17 aromatic carbocycles. The normalized spacial score (nSPS) is 13.8. The molecule has 0 aliphatic heterocycles. The Kier molecular flexibility index (Phi) is 31.7. The molecule has 0 amide bonds. The molecule has 150 heavy (non-hydrogen) atoms. The molecule has 2 heteroatoms. The highest BCUT2D eigenvalue weighted by atomic mass is 15.2. The second kappa shape index (κ2) is 46.4. The van der Waals surface area contributed by atoms with E-state index in [-0.39, 0.29) is 21.7 Å². The van der Waals surface area contributed by atoms with Gasteiger partial charge < -0.3 is 9.80 Å². The van der Waals surface area contributed by atoms with Crippen molar-refractivity contribution >= 4 is 55.7 Å². The van der Waals surface area contributed by atoms with Crippen molar-refractivity contribution in [2.24, 2.45) is 0 Å². The van der Waals surface area contributed by atoms with E-state index in [9.17, 15) is 0 Å². The van der Waals surface area contributed by atoms with Crippen molar-refractivity contribution in [2.75, 3.05) is 9.80 Å². The van der Waals surface area contributed by atoms with Crippen molar-refractivity contribution in [1.82, 2.24) is 0 Å². The second-order valence-electron chi connectivity index (χ2n) is 46.1. The molecule has 0 heterocycles. The number of benzene rings is 17. The molecule has 4 aliphatic carbocycles. The standard InChI is InChI=1S/C148H160N2/c1-11-17-23-29-35-53-105-71-81-119(82-72-105)149(121-61-51-59-111(97-121)107-55-49-57-109(95-107)113-75-85-125-127-87-77-115(101-139(127)145(7,8)137(125)99-113)117-79-89-129-123-63-41-43-69-135(123)147(141(129)103-117,91-45-31-25-19-13-3)92-46-32-26-20-14-4)143-131-65-37-39-67-133(131)144(134-68-40-38-66-132(134)143)150(120-83-73-106(74-84-120)54-36-30-24-18-12-2)122-62-52-60-112(98-122)108-56-50-58-110(96-108)114-76-86-126-128-88-78-116(102-140(128)146(9,10)138(126)100-114)118-80-90-130-124-64-42-44-70-136(124)148(142(130)104-118,93-47-33-27-21-15-5)94-48-34-28-22-16-6/h37-44,49-52,55-90,95-104H,11-36,45-48,53-54,91-94H2,1-10H3. The molecule has 0 atom stereocenters. The smallest absolute Gasteiger partial charge is 0.0619 e. The zero-order valence-electron chi connectivity index (χ0n) is 91.8. The van der Waals surface area contributed by atoms with Crippen LogP contribution in [0.25, 0.3) is 133 Å². The molecule has 0 unspecified atom stereocenters. The molecule has 2 nitrogen and oxygen atoms in total. The van der Waals surface area contributed by atoms with Gasteiger partial charge in [0.1, 0.15) is 0 Å². The molecule has 0 aromatic heterocycles. The first-order valence-corrected chi connectivity index (χ1v) is 58.9. The Morgan fingerprint density at radius 3 is 0.680 bits per heavy atom. The van der Waals surface area contributed by atoms with Crippen LogP contribution in [-0.2, 0) is 34.5 Å². The Bertz CT molecular complexity index is 7080. The maximum atomic E-state index is 2.64. The molecular formula is C148H160N2. The average molecular weight is 1970 g/mol. The van der Waals surface area contributed by atoms with Crippen LogP contribution in [0.2, 0.25) is 0 Å². The number of hydrogen-bond donors (Lipinski definition) is 0. The van der Waals surface area contributed by atoms with E-state index in [2.05, 4.69) is 431 Å². The summed E-state index contributed by atoms with van der Waals surface area (Å²) in [4.78, 5) is 5.19. The minimum atomic E-state index is -0.226. The predicted octanol–water partition coefficient (Wildman–Crippen LogP) is 44.5. The number of nitrogens with zero attached hydrogens (tertiary/aromatic N) is 2. The summed E-state index contributed by atoms with van der Waals surface area (Å²) in [5.41, 5.74) is 47.2. The second-order valence-corrected chi connectivity index (χ2v) is 46.1. The molecule has 762 valence electrons. The monoisotopic (exact) mass is 1970 g/mol. The van der Waals surface area contributed by atoms with Crippen molar-refractivity contribution in [2.45, 2.75) is 322 Å². The van der Waals surface area contributed by atoms with Crippen molar-refractivity contribution in [3.63, 3.8) is 0 Å². The van der Waals surface area contributed by atoms with Crippen LogP contribution in [0.1, 0.15) is 343 Å². The lowest BCUT2D eigenvalue weighted by Crippen LogP contribution is -2.25. The summed E-state index contributed by atoms with van der Waals surface area (Å²) in [6, 6.07) is 139. The third kappa shape index (κ3) is 20.6. The van der Waals surface area contributed by atoms with Gasteiger partial charge in [-0.05, 0) is 315 Å². The fourth-order valence-corrected chi connectivity index (χ4v) is 27.2. The Hall–Kier alpha value is -13.1. The Labute approximate surface area is 899 Å². The number of aryl methyl sites for hydroxylation is 2. The number of rotatable bonds is 48. The van der Waals surface area contributed by atoms with Gasteiger partial charge in [0.25, 0.3) is 0 Å². The van der Waals surface area contributed by atoms with Crippen LogP contribution in [0.15, 0.2) is 352 Å². The van der Waals surface area contributed by atoms with Crippen LogP contribution in [0, 0.1) is 0 Å². The molecule has 0 N–H and O–H groups in total. The SMILES string of the molecule is CCCCCCCc1ccc(N(c2cccc(-c3cccc(-c4ccc5c(c4)C(C)(C)c4cc(-c6ccc7c(c6)C(CCCCCCC)(CCCCCCC)c6ccccc6-7)ccc4-5)c3)c2)c2c3ccccc3c(N(c3ccc(CCCCCCC)cc3)c3cccc(-c4cccc(-c5ccc6c(c5)C(C)(C)c5cc(-c7ccc8c(c7)C(CCCCCCC)(CCCCCCC)c7ccccc7-8)ccc5-6)c4)c3)c3ccccc23)cc1. The van der Waals surface area contributed by atoms with Gasteiger partial charge in [0.05, 0.1) is 11.4 Å². The van der Waals surface area contributed by atoms with Gasteiger partial charge in [-0.15, -0.1) is 0 Å². The Balaban J connectivity index is 0.607. The molecule has 21 rings (SSSR count). The summed E-state index contributed by atoms with van der Waals surface area (Å²) < 4.78 is 0. The zero-order valence-corrected chi connectivity index (χ0v) is 91.8. The average Bonchev–Trinajstić information content (AvgIpc) is 0.855. The van der Waals surface area contributed by atoms with E-state index in [1.54, 1.807) is 22.3 Å². The molecule has 0 saturated heterocycles. The van der Waals surface area contributed by atoms with E-state index < -0.39 is 0 Å². The first kappa shape index (κ1) is 103. The highest BCUT2D eigenvalue weighted by Crippen LogP contribution is 2.61. The van der Waals surface area contributed by atoms with Gasteiger partial charge in [-0.25, -0.2) is 0 Å². The van der Waals surface area contributed by atoms with E-state index in [1.807, 2.05) is 0 Å². The molecule has 0 saturated carbocycles. The van der Waals surface area contributed by atoms with E-state index in [1.165, 1.54) is 385 Å². The van der Waals surface area contributed by atoms with Gasteiger partial charge in [0, 0.05) is 66.0 Å². The molecule has 17 aromatic rings. The number of unbranched alkanes of at least 4 members (excludes halogenated alkanes) is 24. The maximum absolute atomic E-state index is 2.64. The number of fused-ring (bicyclic) bond motifs is 14. The van der Waals surface area contributed by atoms with Gasteiger partial charge in [0.2, 0.25) is 0 Å². The van der Waals surface area contributed by atoms with Crippen molar-refractivity contribution in [3.8, 4) is 111 Å². The van der Waals surface area contributed by atoms with E-state index in [0.29, 0.717) is 0 Å². The Morgan fingerprint density at radius 1 is 0.167 bits per heavy atom. The van der Waals surface area contributed by atoms with Crippen molar-refractivity contribution in [3.05, 3.63) is 407 Å². The third-order valence-electron chi connectivity index (χ3n) is 35.5. The predicted molar refractivity (Wildman–Crippen MR) is 649 cm³/mol. The molecule has 0 radical (unpaired) electrons. The summed E-state index contributed by atoms with van der Waals surface area (Å²) in [6.45, 7) is 23.9. The molecule has 0 bridgehead atoms. The van der Waals surface area contributed by atoms with Crippen molar-refractivity contribution < 1.29 is 0 Å². The minimum Gasteiger partial charge on any atom is -0.309 e. The summed E-state index contributed by atoms with van der Waals surface area (Å²) in [6.07, 6.45) is 45.6. The van der Waals surface area contributed by atoms with Crippen LogP contribution < -0.4 is 9.80 Å². The van der Waals surface area contributed by atoms with Gasteiger partial charge in [-0.2, -0.15) is 0 Å². The van der Waals surface area contributed by atoms with Crippen LogP contribution in [0.5, 0.6) is 0 Å². The van der Waals surface area contributed by atoms with E-state index in [0.717, 1.165) is 47.0 Å². The van der Waals surface area contributed by atoms with Crippen LogP contribution in [0.3, 0.4) is 0 Å². The van der Waals surface area contributed by atoms with Crippen molar-refractivity contribution in [1.29, 1.82) is 0 Å². The molecule has 4 aliphatic rings. The number of anilines is 6. The summed E-state index contributed by atoms with van der Waals surface area (Å²) in [7, 11) is 0. The highest BCUT2D eigenvalue weighted by Gasteiger charge is 2.46. The van der Waals surface area contributed by atoms with E-state index >= 15 is 0 Å². The van der Waals surface area contributed by atoms with Crippen LogP contribution in [-0.4, -0.2) is 0 Å². The zero-order chi connectivity index (χ0) is 103. The quantitative estimate of drug-likeness (QED) is 0.0213.